The highest BCUT2D eigenvalue weighted by molar-refractivity contribution is 5.98. The van der Waals surface area contributed by atoms with Crippen LogP contribution in [0.2, 0.25) is 0 Å². The van der Waals surface area contributed by atoms with Crippen molar-refractivity contribution in [2.75, 3.05) is 18.0 Å². The molecular formula is C20H22N4O. The fourth-order valence-corrected chi connectivity index (χ4v) is 3.31. The lowest BCUT2D eigenvalue weighted by Gasteiger charge is -2.38. The zero-order chi connectivity index (χ0) is 17.6. The molecule has 1 aromatic carbocycles. The Labute approximate surface area is 148 Å². The van der Waals surface area contributed by atoms with Crippen LogP contribution >= 0.6 is 0 Å². The van der Waals surface area contributed by atoms with Gasteiger partial charge in [0, 0.05) is 25.0 Å². The van der Waals surface area contributed by atoms with Gasteiger partial charge in [-0.3, -0.25) is 14.7 Å². The zero-order valence-corrected chi connectivity index (χ0v) is 14.4. The number of pyridine rings is 1. The molecule has 25 heavy (non-hydrogen) atoms. The maximum atomic E-state index is 13.1. The quantitative estimate of drug-likeness (QED) is 0.843. The minimum atomic E-state index is -0.128. The Balaban J connectivity index is 1.77. The third-order valence-electron chi connectivity index (χ3n) is 4.66. The fourth-order valence-electron chi connectivity index (χ4n) is 3.31. The summed E-state index contributed by atoms with van der Waals surface area (Å²) in [5.74, 6) is 0.133. The van der Waals surface area contributed by atoms with Crippen molar-refractivity contribution in [2.24, 2.45) is 0 Å². The van der Waals surface area contributed by atoms with E-state index in [2.05, 4.69) is 22.9 Å². The standard InChI is InChI=1S/C20H22N4O/c1-2-23(15-17-6-3-4-12-22-17)19-7-5-13-24(20(19)25)18-10-8-16(14-21)9-11-18/h3-4,6,8-12,19H,2,5,7,13,15H2,1H3/t19-/m0/s1. The Kier molecular flexibility index (Phi) is 5.42. The summed E-state index contributed by atoms with van der Waals surface area (Å²) in [6.45, 7) is 4.28. The topological polar surface area (TPSA) is 60.2 Å². The molecule has 1 atom stereocenters. The Morgan fingerprint density at radius 3 is 2.72 bits per heavy atom. The van der Waals surface area contributed by atoms with Crippen molar-refractivity contribution in [1.29, 1.82) is 5.26 Å². The summed E-state index contributed by atoms with van der Waals surface area (Å²) >= 11 is 0. The maximum absolute atomic E-state index is 13.1. The molecule has 0 saturated carbocycles. The number of nitriles is 1. The van der Waals surface area contributed by atoms with Gasteiger partial charge in [0.25, 0.3) is 0 Å². The molecule has 1 fully saturated rings. The largest absolute Gasteiger partial charge is 0.311 e. The Morgan fingerprint density at radius 2 is 2.08 bits per heavy atom. The van der Waals surface area contributed by atoms with E-state index < -0.39 is 0 Å². The van der Waals surface area contributed by atoms with Crippen LogP contribution in [0.15, 0.2) is 48.7 Å². The number of carbonyl (C=O) groups is 1. The molecule has 5 heteroatoms. The number of hydrogen-bond donors (Lipinski definition) is 0. The number of likely N-dealkylation sites (N-methyl/N-ethyl adjacent to an activating group) is 1. The van der Waals surface area contributed by atoms with Crippen molar-refractivity contribution >= 4 is 11.6 Å². The number of piperidine rings is 1. The molecule has 1 aliphatic rings. The van der Waals surface area contributed by atoms with E-state index in [-0.39, 0.29) is 11.9 Å². The molecule has 1 aromatic heterocycles. The normalized spacial score (nSPS) is 17.6. The highest BCUT2D eigenvalue weighted by Crippen LogP contribution is 2.25. The van der Waals surface area contributed by atoms with Crippen LogP contribution in [-0.2, 0) is 11.3 Å². The first-order valence-corrected chi connectivity index (χ1v) is 8.68. The maximum Gasteiger partial charge on any atom is 0.244 e. The Bertz CT molecular complexity index is 752. The highest BCUT2D eigenvalue weighted by Gasteiger charge is 2.33. The number of benzene rings is 1. The summed E-state index contributed by atoms with van der Waals surface area (Å²) in [6.07, 6.45) is 3.62. The summed E-state index contributed by atoms with van der Waals surface area (Å²) < 4.78 is 0. The average molecular weight is 334 g/mol. The number of nitrogens with zero attached hydrogens (tertiary/aromatic N) is 4. The van der Waals surface area contributed by atoms with Crippen molar-refractivity contribution in [3.63, 3.8) is 0 Å². The molecule has 0 N–H and O–H groups in total. The minimum Gasteiger partial charge on any atom is -0.311 e. The molecule has 5 nitrogen and oxygen atoms in total. The van der Waals surface area contributed by atoms with Crippen molar-refractivity contribution in [3.8, 4) is 6.07 Å². The smallest absolute Gasteiger partial charge is 0.244 e. The molecule has 2 aromatic rings. The van der Waals surface area contributed by atoms with E-state index in [0.29, 0.717) is 12.1 Å². The molecule has 0 bridgehead atoms. The monoisotopic (exact) mass is 334 g/mol. The van der Waals surface area contributed by atoms with Gasteiger partial charge in [-0.1, -0.05) is 13.0 Å². The van der Waals surface area contributed by atoms with Crippen LogP contribution in [0, 0.1) is 11.3 Å². The fraction of sp³-hybridized carbons (Fsp3) is 0.350. The number of amides is 1. The van der Waals surface area contributed by atoms with Crippen LogP contribution in [0.25, 0.3) is 0 Å². The van der Waals surface area contributed by atoms with Gasteiger partial charge >= 0.3 is 0 Å². The first-order valence-electron chi connectivity index (χ1n) is 8.68. The van der Waals surface area contributed by atoms with Crippen LogP contribution in [0.1, 0.15) is 31.0 Å². The first-order chi connectivity index (χ1) is 12.2. The molecule has 0 aliphatic carbocycles. The summed E-state index contributed by atoms with van der Waals surface area (Å²) in [5.41, 5.74) is 2.45. The average Bonchev–Trinajstić information content (AvgIpc) is 2.67. The number of hydrogen-bond acceptors (Lipinski definition) is 4. The van der Waals surface area contributed by atoms with Gasteiger partial charge in [0.1, 0.15) is 0 Å². The summed E-state index contributed by atoms with van der Waals surface area (Å²) in [6, 6.07) is 15.1. The van der Waals surface area contributed by atoms with Gasteiger partial charge in [0.15, 0.2) is 0 Å². The van der Waals surface area contributed by atoms with E-state index >= 15 is 0 Å². The molecule has 128 valence electrons. The van der Waals surface area contributed by atoms with Gasteiger partial charge in [0.05, 0.1) is 23.4 Å². The van der Waals surface area contributed by atoms with Crippen LogP contribution < -0.4 is 4.90 Å². The predicted octanol–water partition coefficient (Wildman–Crippen LogP) is 2.97. The van der Waals surface area contributed by atoms with Gasteiger partial charge < -0.3 is 4.90 Å². The Morgan fingerprint density at radius 1 is 1.28 bits per heavy atom. The zero-order valence-electron chi connectivity index (χ0n) is 14.4. The molecule has 2 heterocycles. The second-order valence-corrected chi connectivity index (χ2v) is 6.19. The number of anilines is 1. The van der Waals surface area contributed by atoms with Crippen LogP contribution in [-0.4, -0.2) is 34.9 Å². The van der Waals surface area contributed by atoms with Gasteiger partial charge in [-0.05, 0) is 55.8 Å². The molecule has 1 aliphatic heterocycles. The lowest BCUT2D eigenvalue weighted by molar-refractivity contribution is -0.125. The minimum absolute atomic E-state index is 0.128. The molecule has 0 unspecified atom stereocenters. The van der Waals surface area contributed by atoms with Crippen molar-refractivity contribution in [2.45, 2.75) is 32.4 Å². The third kappa shape index (κ3) is 3.86. The van der Waals surface area contributed by atoms with Gasteiger partial charge in [-0.2, -0.15) is 5.26 Å². The van der Waals surface area contributed by atoms with Crippen LogP contribution in [0.4, 0.5) is 5.69 Å². The third-order valence-corrected chi connectivity index (χ3v) is 4.66. The van der Waals surface area contributed by atoms with E-state index in [9.17, 15) is 4.79 Å². The molecule has 1 saturated heterocycles. The molecule has 3 rings (SSSR count). The van der Waals surface area contributed by atoms with E-state index in [4.69, 9.17) is 5.26 Å². The van der Waals surface area contributed by atoms with Crippen molar-refractivity contribution in [3.05, 3.63) is 59.9 Å². The molecular weight excluding hydrogens is 312 g/mol. The summed E-state index contributed by atoms with van der Waals surface area (Å²) in [5, 5.41) is 8.93. The predicted molar refractivity (Wildman–Crippen MR) is 96.9 cm³/mol. The summed E-state index contributed by atoms with van der Waals surface area (Å²) in [7, 11) is 0. The number of carbonyl (C=O) groups excluding carboxylic acids is 1. The molecule has 1 amide bonds. The van der Waals surface area contributed by atoms with Gasteiger partial charge in [0.2, 0.25) is 5.91 Å². The van der Waals surface area contributed by atoms with Gasteiger partial charge in [-0.25, -0.2) is 0 Å². The van der Waals surface area contributed by atoms with Crippen molar-refractivity contribution in [1.82, 2.24) is 9.88 Å². The molecule has 0 radical (unpaired) electrons. The first kappa shape index (κ1) is 17.1. The highest BCUT2D eigenvalue weighted by atomic mass is 16.2. The summed E-state index contributed by atoms with van der Waals surface area (Å²) in [4.78, 5) is 21.5. The lowest BCUT2D eigenvalue weighted by atomic mass is 10.0. The Hall–Kier alpha value is -2.71. The van der Waals surface area contributed by atoms with Crippen LogP contribution in [0.5, 0.6) is 0 Å². The SMILES string of the molecule is CCN(Cc1ccccn1)[C@H]1CCCN(c2ccc(C#N)cc2)C1=O. The van der Waals surface area contributed by atoms with E-state index in [0.717, 1.165) is 37.3 Å². The molecule has 0 spiro atoms. The van der Waals surface area contributed by atoms with Crippen LogP contribution in [0.3, 0.4) is 0 Å². The second-order valence-electron chi connectivity index (χ2n) is 6.19. The second kappa shape index (κ2) is 7.91. The van der Waals surface area contributed by atoms with E-state index in [1.165, 1.54) is 0 Å². The lowest BCUT2D eigenvalue weighted by Crippen LogP contribution is -2.52. The van der Waals surface area contributed by atoms with E-state index in [1.807, 2.05) is 35.2 Å². The number of rotatable bonds is 5. The van der Waals surface area contributed by atoms with Gasteiger partial charge in [-0.15, -0.1) is 0 Å². The van der Waals surface area contributed by atoms with E-state index in [1.54, 1.807) is 18.3 Å². The van der Waals surface area contributed by atoms with Crippen molar-refractivity contribution < 1.29 is 4.79 Å². The number of aromatic nitrogens is 1.